The van der Waals surface area contributed by atoms with E-state index >= 15 is 0 Å². The first kappa shape index (κ1) is 26.0. The van der Waals surface area contributed by atoms with Crippen molar-refractivity contribution in [3.05, 3.63) is 59.7 Å². The lowest BCUT2D eigenvalue weighted by Crippen LogP contribution is -2.40. The number of likely N-dealkylation sites (N-methyl/N-ethyl adjacent to an activating group) is 1. The first-order chi connectivity index (χ1) is 15.1. The highest BCUT2D eigenvalue weighted by atomic mass is 16.5. The predicted octanol–water partition coefficient (Wildman–Crippen LogP) is 7.66. The van der Waals surface area contributed by atoms with Crippen LogP contribution in [0.5, 0.6) is 5.75 Å². The Labute approximate surface area is 196 Å². The minimum atomic E-state index is -0.503. The van der Waals surface area contributed by atoms with Gasteiger partial charge in [0, 0.05) is 18.3 Å². The second-order valence-corrected chi connectivity index (χ2v) is 10.2. The van der Waals surface area contributed by atoms with E-state index in [9.17, 15) is 4.79 Å². The SMILES string of the molecule is CCCCC(Oc1ccc(C(C)(C)CC)cc1C(C)(C)CC)C(=O)N(C)c1ccccc1. The smallest absolute Gasteiger partial charge is 0.267 e. The first-order valence-corrected chi connectivity index (χ1v) is 12.2. The van der Waals surface area contributed by atoms with Crippen molar-refractivity contribution in [2.45, 2.75) is 97.5 Å². The van der Waals surface area contributed by atoms with E-state index in [0.717, 1.165) is 37.1 Å². The third-order valence-corrected chi connectivity index (χ3v) is 7.10. The van der Waals surface area contributed by atoms with E-state index in [0.29, 0.717) is 6.42 Å². The van der Waals surface area contributed by atoms with E-state index in [2.05, 4.69) is 66.7 Å². The molecule has 0 aliphatic rings. The molecule has 1 atom stereocenters. The highest BCUT2D eigenvalue weighted by molar-refractivity contribution is 5.96. The van der Waals surface area contributed by atoms with Gasteiger partial charge in [-0.2, -0.15) is 0 Å². The van der Waals surface area contributed by atoms with Crippen LogP contribution < -0.4 is 9.64 Å². The van der Waals surface area contributed by atoms with Crippen LogP contribution in [0.3, 0.4) is 0 Å². The van der Waals surface area contributed by atoms with Crippen molar-refractivity contribution < 1.29 is 9.53 Å². The summed E-state index contributed by atoms with van der Waals surface area (Å²) in [5.41, 5.74) is 3.45. The van der Waals surface area contributed by atoms with Gasteiger partial charge >= 0.3 is 0 Å². The third-order valence-electron chi connectivity index (χ3n) is 7.10. The van der Waals surface area contributed by atoms with Gasteiger partial charge < -0.3 is 9.64 Å². The van der Waals surface area contributed by atoms with E-state index in [1.165, 1.54) is 11.1 Å². The summed E-state index contributed by atoms with van der Waals surface area (Å²) in [7, 11) is 1.84. The lowest BCUT2D eigenvalue weighted by Gasteiger charge is -2.32. The van der Waals surface area contributed by atoms with Crippen molar-refractivity contribution >= 4 is 11.6 Å². The molecule has 0 heterocycles. The fourth-order valence-corrected chi connectivity index (χ4v) is 3.75. The number of carbonyl (C=O) groups is 1. The third kappa shape index (κ3) is 6.15. The van der Waals surface area contributed by atoms with Crippen molar-refractivity contribution in [2.24, 2.45) is 0 Å². The van der Waals surface area contributed by atoms with Gasteiger partial charge in [0.05, 0.1) is 0 Å². The maximum absolute atomic E-state index is 13.5. The van der Waals surface area contributed by atoms with E-state index < -0.39 is 6.10 Å². The molecule has 3 nitrogen and oxygen atoms in total. The van der Waals surface area contributed by atoms with Crippen LogP contribution in [-0.2, 0) is 15.6 Å². The molecule has 0 saturated carbocycles. The number of para-hydroxylation sites is 1. The van der Waals surface area contributed by atoms with Crippen molar-refractivity contribution in [3.63, 3.8) is 0 Å². The Morgan fingerprint density at radius 2 is 1.56 bits per heavy atom. The zero-order chi connectivity index (χ0) is 23.9. The lowest BCUT2D eigenvalue weighted by atomic mass is 9.76. The molecule has 1 amide bonds. The van der Waals surface area contributed by atoms with Crippen molar-refractivity contribution in [1.29, 1.82) is 0 Å². The normalized spacial score (nSPS) is 13.0. The molecular weight excluding hydrogens is 394 g/mol. The van der Waals surface area contributed by atoms with Gasteiger partial charge in [0.1, 0.15) is 5.75 Å². The topological polar surface area (TPSA) is 29.5 Å². The summed E-state index contributed by atoms with van der Waals surface area (Å²) >= 11 is 0. The zero-order valence-electron chi connectivity index (χ0n) is 21.5. The molecule has 3 heteroatoms. The zero-order valence-corrected chi connectivity index (χ0v) is 21.5. The predicted molar refractivity (Wildman–Crippen MR) is 137 cm³/mol. The lowest BCUT2D eigenvalue weighted by molar-refractivity contribution is -0.125. The van der Waals surface area contributed by atoms with Crippen LogP contribution in [0.15, 0.2) is 48.5 Å². The molecule has 0 saturated heterocycles. The minimum absolute atomic E-state index is 0.00266. The fraction of sp³-hybridized carbons (Fsp3) is 0.552. The highest BCUT2D eigenvalue weighted by Crippen LogP contribution is 2.39. The van der Waals surface area contributed by atoms with E-state index in [1.807, 2.05) is 37.4 Å². The van der Waals surface area contributed by atoms with Crippen LogP contribution in [0.4, 0.5) is 5.69 Å². The van der Waals surface area contributed by atoms with E-state index in [-0.39, 0.29) is 16.7 Å². The van der Waals surface area contributed by atoms with Gasteiger partial charge in [0.25, 0.3) is 5.91 Å². The fourth-order valence-electron chi connectivity index (χ4n) is 3.75. The maximum atomic E-state index is 13.5. The largest absolute Gasteiger partial charge is 0.480 e. The van der Waals surface area contributed by atoms with E-state index in [4.69, 9.17) is 4.74 Å². The molecule has 0 radical (unpaired) electrons. The quantitative estimate of drug-likeness (QED) is 0.361. The molecule has 0 N–H and O–H groups in total. The molecule has 1 unspecified atom stereocenters. The number of carbonyl (C=O) groups excluding carboxylic acids is 1. The minimum Gasteiger partial charge on any atom is -0.480 e. The highest BCUT2D eigenvalue weighted by Gasteiger charge is 2.30. The molecule has 0 aliphatic heterocycles. The van der Waals surface area contributed by atoms with Crippen LogP contribution in [-0.4, -0.2) is 19.1 Å². The monoisotopic (exact) mass is 437 g/mol. The van der Waals surface area contributed by atoms with Gasteiger partial charge in [0.15, 0.2) is 6.10 Å². The molecule has 0 bridgehead atoms. The molecule has 176 valence electrons. The van der Waals surface area contributed by atoms with Gasteiger partial charge in [-0.05, 0) is 60.3 Å². The number of rotatable bonds is 11. The van der Waals surface area contributed by atoms with Gasteiger partial charge in [0.2, 0.25) is 0 Å². The summed E-state index contributed by atoms with van der Waals surface area (Å²) in [4.78, 5) is 15.2. The molecule has 2 aromatic carbocycles. The molecule has 2 aromatic rings. The van der Waals surface area contributed by atoms with Crippen molar-refractivity contribution in [3.8, 4) is 5.75 Å². The number of ether oxygens (including phenoxy) is 1. The van der Waals surface area contributed by atoms with Crippen LogP contribution in [0, 0.1) is 0 Å². The number of amides is 1. The Bertz CT molecular complexity index is 870. The first-order valence-electron chi connectivity index (χ1n) is 12.2. The van der Waals surface area contributed by atoms with Crippen molar-refractivity contribution in [2.75, 3.05) is 11.9 Å². The molecule has 32 heavy (non-hydrogen) atoms. The summed E-state index contributed by atoms with van der Waals surface area (Å²) in [6.45, 7) is 15.7. The number of hydrogen-bond donors (Lipinski definition) is 0. The van der Waals surface area contributed by atoms with Gasteiger partial charge in [-0.1, -0.05) is 85.2 Å². The van der Waals surface area contributed by atoms with Crippen LogP contribution >= 0.6 is 0 Å². The number of anilines is 1. The van der Waals surface area contributed by atoms with Gasteiger partial charge in [-0.3, -0.25) is 4.79 Å². The van der Waals surface area contributed by atoms with Gasteiger partial charge in [-0.25, -0.2) is 0 Å². The molecular formula is C29H43NO2. The number of unbranched alkanes of at least 4 members (excludes halogenated alkanes) is 1. The average Bonchev–Trinajstić information content (AvgIpc) is 2.81. The Balaban J connectivity index is 2.44. The molecule has 0 spiro atoms. The molecule has 0 aliphatic carbocycles. The Morgan fingerprint density at radius 1 is 0.938 bits per heavy atom. The summed E-state index contributed by atoms with van der Waals surface area (Å²) in [6, 6.07) is 16.4. The van der Waals surface area contributed by atoms with Crippen LogP contribution in [0.2, 0.25) is 0 Å². The second-order valence-electron chi connectivity index (χ2n) is 10.2. The Kier molecular flexibility index (Phi) is 8.95. The van der Waals surface area contributed by atoms with Crippen molar-refractivity contribution in [1.82, 2.24) is 0 Å². The summed E-state index contributed by atoms with van der Waals surface area (Å²) < 4.78 is 6.55. The standard InChI is InChI=1S/C29H43NO2/c1-9-12-18-26(27(31)30(8)23-16-14-13-15-17-23)32-25-20-19-22(28(4,5)10-2)21-24(25)29(6,7)11-3/h13-17,19-21,26H,9-12,18H2,1-8H3. The maximum Gasteiger partial charge on any atom is 0.267 e. The molecule has 0 fully saturated rings. The Hall–Kier alpha value is -2.29. The summed E-state index contributed by atoms with van der Waals surface area (Å²) in [6.07, 6.45) is 4.25. The molecule has 2 rings (SSSR count). The second kappa shape index (κ2) is 11.0. The van der Waals surface area contributed by atoms with Gasteiger partial charge in [-0.15, -0.1) is 0 Å². The number of benzene rings is 2. The number of hydrogen-bond acceptors (Lipinski definition) is 2. The molecule has 0 aromatic heterocycles. The average molecular weight is 438 g/mol. The summed E-state index contributed by atoms with van der Waals surface area (Å²) in [5, 5.41) is 0. The van der Waals surface area contributed by atoms with Crippen LogP contribution in [0.25, 0.3) is 0 Å². The Morgan fingerprint density at radius 3 is 2.12 bits per heavy atom. The number of nitrogens with zero attached hydrogens (tertiary/aromatic N) is 1. The summed E-state index contributed by atoms with van der Waals surface area (Å²) in [5.74, 6) is 0.839. The van der Waals surface area contributed by atoms with Crippen LogP contribution in [0.1, 0.15) is 91.7 Å². The van der Waals surface area contributed by atoms with E-state index in [1.54, 1.807) is 4.90 Å².